The SMILES string of the molecule is CN(Cc1ncncc1C(=O)O)CC1(N(C)C)CCC1. The third kappa shape index (κ3) is 2.96. The Morgan fingerprint density at radius 3 is 2.60 bits per heavy atom. The largest absolute Gasteiger partial charge is 0.478 e. The lowest BCUT2D eigenvalue weighted by atomic mass is 9.75. The van der Waals surface area contributed by atoms with Crippen molar-refractivity contribution in [2.24, 2.45) is 0 Å². The van der Waals surface area contributed by atoms with Crippen molar-refractivity contribution in [1.29, 1.82) is 0 Å². The molecule has 1 N–H and O–H groups in total. The van der Waals surface area contributed by atoms with E-state index in [1.165, 1.54) is 31.8 Å². The Balaban J connectivity index is 2.05. The molecule has 1 aliphatic rings. The quantitative estimate of drug-likeness (QED) is 0.840. The Kier molecular flexibility index (Phi) is 4.35. The molecule has 6 nitrogen and oxygen atoms in total. The summed E-state index contributed by atoms with van der Waals surface area (Å²) in [5.41, 5.74) is 0.987. The van der Waals surface area contributed by atoms with Crippen molar-refractivity contribution in [3.05, 3.63) is 23.8 Å². The molecule has 0 aromatic carbocycles. The number of hydrogen-bond donors (Lipinski definition) is 1. The van der Waals surface area contributed by atoms with E-state index in [-0.39, 0.29) is 11.1 Å². The summed E-state index contributed by atoms with van der Waals surface area (Å²) in [5, 5.41) is 9.15. The van der Waals surface area contributed by atoms with Crippen molar-refractivity contribution in [2.45, 2.75) is 31.3 Å². The number of carbonyl (C=O) groups is 1. The molecule has 0 saturated heterocycles. The van der Waals surface area contributed by atoms with E-state index >= 15 is 0 Å². The van der Waals surface area contributed by atoms with Gasteiger partial charge in [-0.1, -0.05) is 0 Å². The van der Waals surface area contributed by atoms with Crippen molar-refractivity contribution in [3.63, 3.8) is 0 Å². The minimum absolute atomic E-state index is 0.187. The number of aromatic carboxylic acids is 1. The maximum absolute atomic E-state index is 11.2. The second-order valence-corrected chi connectivity index (χ2v) is 5.83. The van der Waals surface area contributed by atoms with Crippen LogP contribution in [-0.4, -0.2) is 64.1 Å². The predicted molar refractivity (Wildman–Crippen MR) is 75.6 cm³/mol. The summed E-state index contributed by atoms with van der Waals surface area (Å²) in [7, 11) is 6.23. The fraction of sp³-hybridized carbons (Fsp3) is 0.643. The van der Waals surface area contributed by atoms with Crippen LogP contribution in [0.5, 0.6) is 0 Å². The minimum atomic E-state index is -0.972. The molecule has 1 saturated carbocycles. The first-order valence-electron chi connectivity index (χ1n) is 6.83. The molecule has 0 atom stereocenters. The molecule has 1 fully saturated rings. The second kappa shape index (κ2) is 5.85. The topological polar surface area (TPSA) is 69.6 Å². The summed E-state index contributed by atoms with van der Waals surface area (Å²) in [6.07, 6.45) is 6.42. The molecule has 0 radical (unpaired) electrons. The summed E-state index contributed by atoms with van der Waals surface area (Å²) in [6.45, 7) is 1.45. The van der Waals surface area contributed by atoms with Gasteiger partial charge in [-0.3, -0.25) is 4.90 Å². The van der Waals surface area contributed by atoms with Crippen LogP contribution in [0.15, 0.2) is 12.5 Å². The van der Waals surface area contributed by atoms with Crippen LogP contribution < -0.4 is 0 Å². The highest BCUT2D eigenvalue weighted by Crippen LogP contribution is 2.36. The molecular weight excluding hydrogens is 256 g/mol. The standard InChI is InChI=1S/C14H22N4O2/c1-17(2)14(5-4-6-14)9-18(3)8-12-11(13(19)20)7-15-10-16-12/h7,10H,4-6,8-9H2,1-3H3,(H,19,20). The van der Waals surface area contributed by atoms with E-state index in [9.17, 15) is 4.79 Å². The molecule has 0 spiro atoms. The molecular formula is C14H22N4O2. The molecule has 1 aliphatic carbocycles. The van der Waals surface area contributed by atoms with Gasteiger partial charge < -0.3 is 10.0 Å². The van der Waals surface area contributed by atoms with Gasteiger partial charge in [0.1, 0.15) is 11.9 Å². The van der Waals surface area contributed by atoms with Gasteiger partial charge in [0.2, 0.25) is 0 Å². The van der Waals surface area contributed by atoms with Crippen LogP contribution in [0.1, 0.15) is 35.3 Å². The number of rotatable bonds is 6. The van der Waals surface area contributed by atoms with Crippen molar-refractivity contribution in [3.8, 4) is 0 Å². The summed E-state index contributed by atoms with van der Waals surface area (Å²) < 4.78 is 0. The first-order chi connectivity index (χ1) is 9.44. The monoisotopic (exact) mass is 278 g/mol. The maximum atomic E-state index is 11.2. The van der Waals surface area contributed by atoms with Crippen molar-refractivity contribution in [2.75, 3.05) is 27.7 Å². The number of likely N-dealkylation sites (N-methyl/N-ethyl adjacent to an activating group) is 2. The van der Waals surface area contributed by atoms with Crippen molar-refractivity contribution >= 4 is 5.97 Å². The first kappa shape index (κ1) is 14.9. The van der Waals surface area contributed by atoms with E-state index in [1.807, 2.05) is 7.05 Å². The Hall–Kier alpha value is -1.53. The van der Waals surface area contributed by atoms with Crippen LogP contribution in [0.4, 0.5) is 0 Å². The maximum Gasteiger partial charge on any atom is 0.339 e. The van der Waals surface area contributed by atoms with E-state index in [2.05, 4.69) is 33.9 Å². The lowest BCUT2D eigenvalue weighted by molar-refractivity contribution is 0.0255. The molecule has 1 aromatic heterocycles. The fourth-order valence-electron chi connectivity index (χ4n) is 2.81. The zero-order chi connectivity index (χ0) is 14.8. The number of carboxylic acids is 1. The summed E-state index contributed by atoms with van der Waals surface area (Å²) >= 11 is 0. The lowest BCUT2D eigenvalue weighted by Crippen LogP contribution is -2.56. The van der Waals surface area contributed by atoms with Gasteiger partial charge in [-0.25, -0.2) is 14.8 Å². The first-order valence-corrected chi connectivity index (χ1v) is 6.83. The van der Waals surface area contributed by atoms with Gasteiger partial charge in [0.15, 0.2) is 0 Å². The van der Waals surface area contributed by atoms with E-state index in [1.54, 1.807) is 0 Å². The third-order valence-electron chi connectivity index (χ3n) is 4.24. The van der Waals surface area contributed by atoms with Crippen LogP contribution in [-0.2, 0) is 6.54 Å². The molecule has 0 aliphatic heterocycles. The zero-order valence-electron chi connectivity index (χ0n) is 12.3. The zero-order valence-corrected chi connectivity index (χ0v) is 12.3. The Morgan fingerprint density at radius 1 is 1.40 bits per heavy atom. The molecule has 1 heterocycles. The van der Waals surface area contributed by atoms with Crippen LogP contribution in [0, 0.1) is 0 Å². The van der Waals surface area contributed by atoms with E-state index in [4.69, 9.17) is 5.11 Å². The molecule has 1 aromatic rings. The lowest BCUT2D eigenvalue weighted by Gasteiger charge is -2.49. The molecule has 110 valence electrons. The number of carboxylic acid groups (broad SMARTS) is 1. The molecule has 6 heteroatoms. The van der Waals surface area contributed by atoms with Gasteiger partial charge in [0.25, 0.3) is 0 Å². The molecule has 0 amide bonds. The normalized spacial score (nSPS) is 17.2. The van der Waals surface area contributed by atoms with Gasteiger partial charge in [-0.15, -0.1) is 0 Å². The minimum Gasteiger partial charge on any atom is -0.478 e. The Morgan fingerprint density at radius 2 is 2.10 bits per heavy atom. The Labute approximate surface area is 119 Å². The third-order valence-corrected chi connectivity index (χ3v) is 4.24. The second-order valence-electron chi connectivity index (χ2n) is 5.83. The van der Waals surface area contributed by atoms with Gasteiger partial charge in [-0.05, 0) is 40.4 Å². The van der Waals surface area contributed by atoms with Crippen LogP contribution in [0.2, 0.25) is 0 Å². The van der Waals surface area contributed by atoms with Crippen molar-refractivity contribution in [1.82, 2.24) is 19.8 Å². The molecule has 20 heavy (non-hydrogen) atoms. The average Bonchev–Trinajstić information content (AvgIpc) is 2.33. The van der Waals surface area contributed by atoms with Gasteiger partial charge in [0.05, 0.1) is 5.69 Å². The fourth-order valence-corrected chi connectivity index (χ4v) is 2.81. The smallest absolute Gasteiger partial charge is 0.339 e. The summed E-state index contributed by atoms with van der Waals surface area (Å²) in [6, 6.07) is 0. The number of aromatic nitrogens is 2. The van der Waals surface area contributed by atoms with E-state index in [0.717, 1.165) is 6.54 Å². The number of nitrogens with zero attached hydrogens (tertiary/aromatic N) is 4. The summed E-state index contributed by atoms with van der Waals surface area (Å²) in [5.74, 6) is -0.972. The molecule has 2 rings (SSSR count). The molecule has 0 unspecified atom stereocenters. The van der Waals surface area contributed by atoms with E-state index in [0.29, 0.717) is 12.2 Å². The van der Waals surface area contributed by atoms with Crippen LogP contribution in [0.25, 0.3) is 0 Å². The van der Waals surface area contributed by atoms with Crippen LogP contribution in [0.3, 0.4) is 0 Å². The number of hydrogen-bond acceptors (Lipinski definition) is 5. The average molecular weight is 278 g/mol. The highest BCUT2D eigenvalue weighted by Gasteiger charge is 2.39. The van der Waals surface area contributed by atoms with Crippen molar-refractivity contribution < 1.29 is 9.90 Å². The van der Waals surface area contributed by atoms with Crippen LogP contribution >= 0.6 is 0 Å². The Bertz CT molecular complexity index is 486. The van der Waals surface area contributed by atoms with Gasteiger partial charge >= 0.3 is 5.97 Å². The highest BCUT2D eigenvalue weighted by atomic mass is 16.4. The van der Waals surface area contributed by atoms with E-state index < -0.39 is 5.97 Å². The highest BCUT2D eigenvalue weighted by molar-refractivity contribution is 5.88. The molecule has 0 bridgehead atoms. The summed E-state index contributed by atoms with van der Waals surface area (Å²) in [4.78, 5) is 23.5. The predicted octanol–water partition coefficient (Wildman–Crippen LogP) is 1.09. The van der Waals surface area contributed by atoms with Gasteiger partial charge in [0, 0.05) is 24.8 Å². The van der Waals surface area contributed by atoms with Gasteiger partial charge in [-0.2, -0.15) is 0 Å².